The lowest BCUT2D eigenvalue weighted by atomic mass is 9.78. The summed E-state index contributed by atoms with van der Waals surface area (Å²) < 4.78 is 4.75. The van der Waals surface area contributed by atoms with Crippen LogP contribution in [0.25, 0.3) is 0 Å². The second kappa shape index (κ2) is 7.85. The standard InChI is InChI=1S/C17H17N3O4S/c1-9-3-5-10(6-4-9)13-11(7-18)16(25-8-12(19)21)20-15(22)14(13)17(23)24-2/h3-6,13-14H,8H2,1-2H3,(H2,19,21)(H,20,22)/t13?,14-/m1/s1. The monoisotopic (exact) mass is 359 g/mol. The molecule has 1 unspecified atom stereocenters. The zero-order valence-electron chi connectivity index (χ0n) is 13.7. The number of nitrogens with two attached hydrogens (primary N) is 1. The minimum atomic E-state index is -1.18. The molecule has 0 fully saturated rings. The molecular weight excluding hydrogens is 342 g/mol. The maximum absolute atomic E-state index is 12.5. The highest BCUT2D eigenvalue weighted by Gasteiger charge is 2.44. The lowest BCUT2D eigenvalue weighted by Crippen LogP contribution is -2.44. The maximum Gasteiger partial charge on any atom is 0.319 e. The van der Waals surface area contributed by atoms with E-state index in [-0.39, 0.29) is 16.4 Å². The number of methoxy groups -OCH3 is 1. The molecule has 1 aromatic rings. The molecule has 7 nitrogen and oxygen atoms in total. The number of hydrogen-bond acceptors (Lipinski definition) is 6. The number of esters is 1. The summed E-state index contributed by atoms with van der Waals surface area (Å²) >= 11 is 0.963. The summed E-state index contributed by atoms with van der Waals surface area (Å²) in [7, 11) is 1.19. The molecule has 0 aliphatic carbocycles. The minimum Gasteiger partial charge on any atom is -0.468 e. The Morgan fingerprint density at radius 3 is 2.52 bits per heavy atom. The number of nitriles is 1. The predicted octanol–water partition coefficient (Wildman–Crippen LogP) is 0.951. The Morgan fingerprint density at radius 1 is 1.36 bits per heavy atom. The minimum absolute atomic E-state index is 0.0930. The molecule has 3 N–H and O–H groups in total. The van der Waals surface area contributed by atoms with E-state index in [9.17, 15) is 19.6 Å². The van der Waals surface area contributed by atoms with Crippen molar-refractivity contribution in [1.82, 2.24) is 5.32 Å². The summed E-state index contributed by atoms with van der Waals surface area (Å²) in [6.07, 6.45) is 0. The van der Waals surface area contributed by atoms with Gasteiger partial charge in [-0.3, -0.25) is 14.4 Å². The topological polar surface area (TPSA) is 122 Å². The molecule has 1 aromatic carbocycles. The third kappa shape index (κ3) is 4.00. The zero-order chi connectivity index (χ0) is 18.6. The third-order valence-electron chi connectivity index (χ3n) is 3.78. The Hall–Kier alpha value is -2.79. The first-order chi connectivity index (χ1) is 11.9. The summed E-state index contributed by atoms with van der Waals surface area (Å²) in [5.74, 6) is -3.95. The SMILES string of the molecule is COC(=O)[C@H]1C(=O)NC(SCC(N)=O)=C(C#N)C1c1ccc(C)cc1. The van der Waals surface area contributed by atoms with Gasteiger partial charge in [-0.1, -0.05) is 41.6 Å². The van der Waals surface area contributed by atoms with E-state index in [0.717, 1.165) is 17.3 Å². The number of primary amides is 1. The van der Waals surface area contributed by atoms with Crippen LogP contribution in [0.15, 0.2) is 34.9 Å². The van der Waals surface area contributed by atoms with Crippen LogP contribution in [0.3, 0.4) is 0 Å². The van der Waals surface area contributed by atoms with Crippen molar-refractivity contribution >= 4 is 29.5 Å². The lowest BCUT2D eigenvalue weighted by Gasteiger charge is -2.30. The van der Waals surface area contributed by atoms with Crippen molar-refractivity contribution in [3.8, 4) is 6.07 Å². The lowest BCUT2D eigenvalue weighted by molar-refractivity contribution is -0.150. The van der Waals surface area contributed by atoms with E-state index in [1.165, 1.54) is 7.11 Å². The van der Waals surface area contributed by atoms with Crippen molar-refractivity contribution in [2.75, 3.05) is 12.9 Å². The Kier molecular flexibility index (Phi) is 5.83. The Balaban J connectivity index is 2.57. The summed E-state index contributed by atoms with van der Waals surface area (Å²) in [6, 6.07) is 9.26. The van der Waals surface area contributed by atoms with Gasteiger partial charge in [0.25, 0.3) is 0 Å². The molecule has 2 amide bonds. The molecule has 0 radical (unpaired) electrons. The fourth-order valence-corrected chi connectivity index (χ4v) is 3.38. The number of aryl methyl sites for hydroxylation is 1. The van der Waals surface area contributed by atoms with Crippen molar-refractivity contribution in [3.05, 3.63) is 46.0 Å². The normalized spacial score (nSPS) is 19.8. The molecule has 130 valence electrons. The molecule has 2 rings (SSSR count). The van der Waals surface area contributed by atoms with Gasteiger partial charge in [0, 0.05) is 5.92 Å². The number of carbonyl (C=O) groups is 3. The molecule has 0 aromatic heterocycles. The summed E-state index contributed by atoms with van der Waals surface area (Å²) in [5, 5.41) is 12.4. The fraction of sp³-hybridized carbons (Fsp3) is 0.294. The molecule has 0 spiro atoms. The molecule has 0 bridgehead atoms. The highest BCUT2D eigenvalue weighted by atomic mass is 32.2. The largest absolute Gasteiger partial charge is 0.468 e. The Morgan fingerprint density at radius 2 is 2.00 bits per heavy atom. The van der Waals surface area contributed by atoms with Gasteiger partial charge >= 0.3 is 5.97 Å². The van der Waals surface area contributed by atoms with Crippen molar-refractivity contribution < 1.29 is 19.1 Å². The van der Waals surface area contributed by atoms with Crippen LogP contribution in [0.1, 0.15) is 17.0 Å². The molecule has 8 heteroatoms. The number of allylic oxidation sites excluding steroid dienone is 1. The van der Waals surface area contributed by atoms with Gasteiger partial charge in [0.2, 0.25) is 11.8 Å². The van der Waals surface area contributed by atoms with E-state index in [1.54, 1.807) is 12.1 Å². The van der Waals surface area contributed by atoms with Gasteiger partial charge in [-0.25, -0.2) is 0 Å². The van der Waals surface area contributed by atoms with E-state index in [2.05, 4.69) is 11.4 Å². The number of hydrogen-bond donors (Lipinski definition) is 2. The number of nitrogens with zero attached hydrogens (tertiary/aromatic N) is 1. The number of carbonyl (C=O) groups excluding carboxylic acids is 3. The summed E-state index contributed by atoms with van der Waals surface area (Å²) in [6.45, 7) is 1.91. The average molecular weight is 359 g/mol. The Labute approximate surface area is 149 Å². The van der Waals surface area contributed by atoms with Gasteiger partial charge in [0.05, 0.1) is 29.5 Å². The molecular formula is C17H17N3O4S. The number of nitrogens with one attached hydrogen (secondary N) is 1. The van der Waals surface area contributed by atoms with Crippen LogP contribution in [0.4, 0.5) is 0 Å². The van der Waals surface area contributed by atoms with Gasteiger partial charge in [-0.2, -0.15) is 5.26 Å². The second-order valence-electron chi connectivity index (χ2n) is 5.49. The van der Waals surface area contributed by atoms with Crippen LogP contribution in [0, 0.1) is 24.2 Å². The van der Waals surface area contributed by atoms with E-state index in [0.29, 0.717) is 5.56 Å². The van der Waals surface area contributed by atoms with E-state index in [4.69, 9.17) is 10.5 Å². The summed E-state index contributed by atoms with van der Waals surface area (Å²) in [4.78, 5) is 35.7. The van der Waals surface area contributed by atoms with Gasteiger partial charge in [-0.15, -0.1) is 0 Å². The van der Waals surface area contributed by atoms with Crippen LogP contribution >= 0.6 is 11.8 Å². The quantitative estimate of drug-likeness (QED) is 0.596. The van der Waals surface area contributed by atoms with Crippen molar-refractivity contribution in [1.29, 1.82) is 5.26 Å². The first-order valence-electron chi connectivity index (χ1n) is 7.39. The summed E-state index contributed by atoms with van der Waals surface area (Å²) in [5.41, 5.74) is 6.98. The van der Waals surface area contributed by atoms with Crippen LogP contribution in [0.5, 0.6) is 0 Å². The number of thioether (sulfide) groups is 1. The predicted molar refractivity (Wildman–Crippen MR) is 91.9 cm³/mol. The van der Waals surface area contributed by atoms with E-state index in [1.807, 2.05) is 19.1 Å². The first kappa shape index (κ1) is 18.5. The molecule has 2 atom stereocenters. The van der Waals surface area contributed by atoms with Gasteiger partial charge in [0.15, 0.2) is 0 Å². The fourth-order valence-electron chi connectivity index (χ4n) is 2.60. The smallest absolute Gasteiger partial charge is 0.319 e. The van der Waals surface area contributed by atoms with Crippen LogP contribution in [-0.2, 0) is 19.1 Å². The van der Waals surface area contributed by atoms with Crippen LogP contribution < -0.4 is 11.1 Å². The maximum atomic E-state index is 12.5. The van der Waals surface area contributed by atoms with E-state index < -0.39 is 29.6 Å². The van der Waals surface area contributed by atoms with Crippen molar-refractivity contribution in [2.24, 2.45) is 11.7 Å². The first-order valence-corrected chi connectivity index (χ1v) is 8.38. The van der Waals surface area contributed by atoms with Crippen molar-refractivity contribution in [2.45, 2.75) is 12.8 Å². The third-order valence-corrected chi connectivity index (χ3v) is 4.82. The number of benzene rings is 1. The molecule has 1 aliphatic heterocycles. The number of amides is 2. The van der Waals surface area contributed by atoms with Crippen molar-refractivity contribution in [3.63, 3.8) is 0 Å². The molecule has 25 heavy (non-hydrogen) atoms. The van der Waals surface area contributed by atoms with E-state index >= 15 is 0 Å². The second-order valence-corrected chi connectivity index (χ2v) is 6.47. The van der Waals surface area contributed by atoms with Gasteiger partial charge in [-0.05, 0) is 12.5 Å². The molecule has 1 heterocycles. The number of rotatable bonds is 5. The Bertz CT molecular complexity index is 780. The zero-order valence-corrected chi connectivity index (χ0v) is 14.6. The number of ether oxygens (including phenoxy) is 1. The van der Waals surface area contributed by atoms with Crippen LogP contribution in [0.2, 0.25) is 0 Å². The van der Waals surface area contributed by atoms with Gasteiger partial charge < -0.3 is 15.8 Å². The molecule has 0 saturated carbocycles. The molecule has 1 aliphatic rings. The average Bonchev–Trinajstić information content (AvgIpc) is 2.59. The van der Waals surface area contributed by atoms with Crippen LogP contribution in [-0.4, -0.2) is 30.6 Å². The van der Waals surface area contributed by atoms with Gasteiger partial charge in [0.1, 0.15) is 5.92 Å². The highest BCUT2D eigenvalue weighted by Crippen LogP contribution is 2.40. The highest BCUT2D eigenvalue weighted by molar-refractivity contribution is 8.03. The molecule has 0 saturated heterocycles.